The molecule has 0 atom stereocenters. The van der Waals surface area contributed by atoms with Gasteiger partial charge in [-0.2, -0.15) is 11.3 Å². The lowest BCUT2D eigenvalue weighted by atomic mass is 10.1. The first-order valence-electron chi connectivity index (χ1n) is 7.25. The lowest BCUT2D eigenvalue weighted by molar-refractivity contribution is 0.278. The summed E-state index contributed by atoms with van der Waals surface area (Å²) in [6, 6.07) is 2.22. The van der Waals surface area contributed by atoms with Crippen molar-refractivity contribution in [3.05, 3.63) is 22.4 Å². The van der Waals surface area contributed by atoms with Crippen LogP contribution >= 0.6 is 11.3 Å². The second-order valence-corrected chi connectivity index (χ2v) is 6.32. The predicted molar refractivity (Wildman–Crippen MR) is 80.3 cm³/mol. The van der Waals surface area contributed by atoms with Crippen molar-refractivity contribution in [3.8, 4) is 0 Å². The third kappa shape index (κ3) is 5.09. The molecule has 18 heavy (non-hydrogen) atoms. The Balaban J connectivity index is 1.47. The molecule has 2 rings (SSSR count). The molecule has 3 heteroatoms. The maximum absolute atomic E-state index is 3.54. The SMILES string of the molecule is CN(CCNCCc1ccsc1)CC1CCCC1. The molecule has 0 radical (unpaired) electrons. The summed E-state index contributed by atoms with van der Waals surface area (Å²) >= 11 is 1.79. The van der Waals surface area contributed by atoms with Crippen molar-refractivity contribution < 1.29 is 0 Å². The molecule has 0 saturated heterocycles. The van der Waals surface area contributed by atoms with Gasteiger partial charge in [-0.3, -0.25) is 0 Å². The van der Waals surface area contributed by atoms with Gasteiger partial charge in [-0.1, -0.05) is 12.8 Å². The topological polar surface area (TPSA) is 15.3 Å². The van der Waals surface area contributed by atoms with Crippen LogP contribution in [-0.2, 0) is 6.42 Å². The molecule has 0 unspecified atom stereocenters. The zero-order valence-electron chi connectivity index (χ0n) is 11.5. The fourth-order valence-corrected chi connectivity index (χ4v) is 3.49. The van der Waals surface area contributed by atoms with Crippen LogP contribution in [0, 0.1) is 5.92 Å². The highest BCUT2D eigenvalue weighted by Gasteiger charge is 2.16. The number of rotatable bonds is 8. The van der Waals surface area contributed by atoms with E-state index >= 15 is 0 Å². The molecule has 1 aromatic heterocycles. The van der Waals surface area contributed by atoms with E-state index in [4.69, 9.17) is 0 Å². The molecule has 1 aliphatic carbocycles. The standard InChI is InChI=1S/C15H26N2S/c1-17(12-14-4-2-3-5-14)10-9-16-8-6-15-7-11-18-13-15/h7,11,13-14,16H,2-6,8-10,12H2,1H3. The van der Waals surface area contributed by atoms with Crippen LogP contribution in [0.3, 0.4) is 0 Å². The molecular weight excluding hydrogens is 240 g/mol. The third-order valence-electron chi connectivity index (χ3n) is 3.89. The van der Waals surface area contributed by atoms with E-state index in [0.717, 1.165) is 25.4 Å². The number of hydrogen-bond donors (Lipinski definition) is 1. The number of likely N-dealkylation sites (N-methyl/N-ethyl adjacent to an activating group) is 1. The van der Waals surface area contributed by atoms with Gasteiger partial charge in [0, 0.05) is 19.6 Å². The monoisotopic (exact) mass is 266 g/mol. The van der Waals surface area contributed by atoms with Crippen LogP contribution < -0.4 is 5.32 Å². The van der Waals surface area contributed by atoms with Gasteiger partial charge in [0.25, 0.3) is 0 Å². The number of nitrogens with one attached hydrogen (secondary N) is 1. The largest absolute Gasteiger partial charge is 0.315 e. The van der Waals surface area contributed by atoms with Gasteiger partial charge in [0.1, 0.15) is 0 Å². The first-order chi connectivity index (χ1) is 8.84. The summed E-state index contributed by atoms with van der Waals surface area (Å²) in [5, 5.41) is 7.94. The van der Waals surface area contributed by atoms with Crippen LogP contribution in [0.2, 0.25) is 0 Å². The minimum absolute atomic E-state index is 0.973. The quantitative estimate of drug-likeness (QED) is 0.728. The number of nitrogens with zero attached hydrogens (tertiary/aromatic N) is 1. The molecule has 1 saturated carbocycles. The van der Waals surface area contributed by atoms with Gasteiger partial charge < -0.3 is 10.2 Å². The molecule has 102 valence electrons. The molecule has 1 aliphatic rings. The third-order valence-corrected chi connectivity index (χ3v) is 4.62. The summed E-state index contributed by atoms with van der Waals surface area (Å²) in [7, 11) is 2.26. The van der Waals surface area contributed by atoms with Gasteiger partial charge in [-0.15, -0.1) is 0 Å². The average Bonchev–Trinajstić information content (AvgIpc) is 3.01. The van der Waals surface area contributed by atoms with Crippen molar-refractivity contribution in [1.82, 2.24) is 10.2 Å². The maximum atomic E-state index is 3.54. The van der Waals surface area contributed by atoms with E-state index in [1.54, 1.807) is 11.3 Å². The predicted octanol–water partition coefficient (Wildman–Crippen LogP) is 3.00. The molecule has 0 aromatic carbocycles. The summed E-state index contributed by atoms with van der Waals surface area (Å²) in [4.78, 5) is 2.49. The minimum Gasteiger partial charge on any atom is -0.315 e. The first kappa shape index (κ1) is 14.0. The van der Waals surface area contributed by atoms with E-state index in [1.165, 1.54) is 44.3 Å². The van der Waals surface area contributed by atoms with Crippen molar-refractivity contribution in [2.75, 3.05) is 33.2 Å². The second kappa shape index (κ2) is 7.93. The normalized spacial score (nSPS) is 16.8. The van der Waals surface area contributed by atoms with Gasteiger partial charge in [-0.05, 0) is 61.2 Å². The van der Waals surface area contributed by atoms with Crippen molar-refractivity contribution in [2.45, 2.75) is 32.1 Å². The van der Waals surface area contributed by atoms with E-state index in [-0.39, 0.29) is 0 Å². The van der Waals surface area contributed by atoms with Gasteiger partial charge in [-0.25, -0.2) is 0 Å². The highest BCUT2D eigenvalue weighted by molar-refractivity contribution is 7.07. The van der Waals surface area contributed by atoms with Crippen molar-refractivity contribution in [3.63, 3.8) is 0 Å². The molecule has 2 nitrogen and oxygen atoms in total. The Labute approximate surface area is 115 Å². The highest BCUT2D eigenvalue weighted by atomic mass is 32.1. The van der Waals surface area contributed by atoms with Crippen molar-refractivity contribution in [2.24, 2.45) is 5.92 Å². The zero-order chi connectivity index (χ0) is 12.6. The number of thiophene rings is 1. The van der Waals surface area contributed by atoms with Crippen LogP contribution in [0.1, 0.15) is 31.2 Å². The maximum Gasteiger partial charge on any atom is 0.0104 e. The zero-order valence-corrected chi connectivity index (χ0v) is 12.3. The van der Waals surface area contributed by atoms with Gasteiger partial charge in [0.2, 0.25) is 0 Å². The molecule has 1 fully saturated rings. The Kier molecular flexibility index (Phi) is 6.18. The summed E-state index contributed by atoms with van der Waals surface area (Å²) in [6.45, 7) is 4.70. The Morgan fingerprint density at radius 3 is 2.89 bits per heavy atom. The highest BCUT2D eigenvalue weighted by Crippen LogP contribution is 2.24. The fourth-order valence-electron chi connectivity index (χ4n) is 2.79. The van der Waals surface area contributed by atoms with Crippen LogP contribution in [0.15, 0.2) is 16.8 Å². The molecule has 1 aromatic rings. The summed E-state index contributed by atoms with van der Waals surface area (Å²) < 4.78 is 0. The number of hydrogen-bond acceptors (Lipinski definition) is 3. The minimum atomic E-state index is 0.973. The fraction of sp³-hybridized carbons (Fsp3) is 0.733. The Hall–Kier alpha value is -0.380. The van der Waals surface area contributed by atoms with Gasteiger partial charge >= 0.3 is 0 Å². The Morgan fingerprint density at radius 1 is 1.33 bits per heavy atom. The molecule has 0 aliphatic heterocycles. The van der Waals surface area contributed by atoms with Gasteiger partial charge in [0.05, 0.1) is 0 Å². The molecule has 0 bridgehead atoms. The molecule has 1 N–H and O–H groups in total. The van der Waals surface area contributed by atoms with E-state index < -0.39 is 0 Å². The van der Waals surface area contributed by atoms with E-state index in [2.05, 4.69) is 34.1 Å². The molecular formula is C15H26N2S. The molecule has 0 spiro atoms. The van der Waals surface area contributed by atoms with Crippen LogP contribution in [0.25, 0.3) is 0 Å². The van der Waals surface area contributed by atoms with E-state index in [0.29, 0.717) is 0 Å². The smallest absolute Gasteiger partial charge is 0.0104 e. The van der Waals surface area contributed by atoms with E-state index in [1.807, 2.05) is 0 Å². The second-order valence-electron chi connectivity index (χ2n) is 5.54. The lowest BCUT2D eigenvalue weighted by Crippen LogP contribution is -2.32. The summed E-state index contributed by atoms with van der Waals surface area (Å²) in [6.07, 6.45) is 6.98. The van der Waals surface area contributed by atoms with Crippen molar-refractivity contribution in [1.29, 1.82) is 0 Å². The van der Waals surface area contributed by atoms with Crippen LogP contribution in [0.4, 0.5) is 0 Å². The average molecular weight is 266 g/mol. The van der Waals surface area contributed by atoms with E-state index in [9.17, 15) is 0 Å². The van der Waals surface area contributed by atoms with Gasteiger partial charge in [0.15, 0.2) is 0 Å². The molecule has 0 amide bonds. The Bertz CT molecular complexity index is 304. The van der Waals surface area contributed by atoms with Crippen LogP contribution in [-0.4, -0.2) is 38.1 Å². The molecule has 1 heterocycles. The summed E-state index contributed by atoms with van der Waals surface area (Å²) in [5.41, 5.74) is 1.46. The van der Waals surface area contributed by atoms with Crippen molar-refractivity contribution >= 4 is 11.3 Å². The first-order valence-corrected chi connectivity index (χ1v) is 8.19. The lowest BCUT2D eigenvalue weighted by Gasteiger charge is -2.20. The van der Waals surface area contributed by atoms with Crippen LogP contribution in [0.5, 0.6) is 0 Å². The summed E-state index contributed by atoms with van der Waals surface area (Å²) in [5.74, 6) is 0.973. The Morgan fingerprint density at radius 2 is 2.17 bits per heavy atom.